The lowest BCUT2D eigenvalue weighted by molar-refractivity contribution is 0.0942. The monoisotopic (exact) mass is 633 g/mol. The minimum Gasteiger partial charge on any atom is -0.351 e. The number of likely N-dealkylation sites (N-methyl/N-ethyl adjacent to an activating group) is 2. The molecule has 0 atom stereocenters. The number of amides is 4. The third kappa shape index (κ3) is 7.01. The Kier molecular flexibility index (Phi) is 9.00. The number of hydrogen-bond donors (Lipinski definition) is 9. The highest BCUT2D eigenvalue weighted by Crippen LogP contribution is 2.24. The summed E-state index contributed by atoms with van der Waals surface area (Å²) >= 11 is 0. The van der Waals surface area contributed by atoms with Crippen molar-refractivity contribution in [1.82, 2.24) is 36.2 Å². The zero-order chi connectivity index (χ0) is 32.9. The van der Waals surface area contributed by atoms with Gasteiger partial charge in [-0.05, 0) is 74.8 Å². The number of nitrogens with one attached hydrogen (secondary N) is 9. The van der Waals surface area contributed by atoms with Gasteiger partial charge in [-0.2, -0.15) is 0 Å². The van der Waals surface area contributed by atoms with Gasteiger partial charge in [-0.1, -0.05) is 12.1 Å². The summed E-state index contributed by atoms with van der Waals surface area (Å²) in [6.07, 6.45) is 0. The van der Waals surface area contributed by atoms with E-state index in [1.54, 1.807) is 60.7 Å². The number of H-pyrrole nitrogens is 3. The molecule has 0 radical (unpaired) electrons. The Bertz CT molecular complexity index is 2010. The Labute approximate surface area is 269 Å². The van der Waals surface area contributed by atoms with E-state index in [9.17, 15) is 19.2 Å². The number of rotatable bonds is 12. The largest absolute Gasteiger partial charge is 0.351 e. The van der Waals surface area contributed by atoms with Crippen LogP contribution in [-0.2, 0) is 0 Å². The Morgan fingerprint density at radius 1 is 0.489 bits per heavy atom. The zero-order valence-electron chi connectivity index (χ0n) is 25.9. The van der Waals surface area contributed by atoms with Crippen LogP contribution in [0.1, 0.15) is 41.8 Å². The van der Waals surface area contributed by atoms with Gasteiger partial charge in [0, 0.05) is 75.8 Å². The number of fused-ring (bicyclic) bond motifs is 3. The lowest BCUT2D eigenvalue weighted by Crippen LogP contribution is -2.30. The van der Waals surface area contributed by atoms with E-state index in [0.29, 0.717) is 71.1 Å². The molecule has 0 aliphatic heterocycles. The number of aromatic nitrogens is 3. The second kappa shape index (κ2) is 13.6. The van der Waals surface area contributed by atoms with Gasteiger partial charge < -0.3 is 46.9 Å². The second-order valence-electron chi connectivity index (χ2n) is 11.1. The Morgan fingerprint density at radius 2 is 0.979 bits per heavy atom. The van der Waals surface area contributed by atoms with Gasteiger partial charge in [-0.15, -0.1) is 0 Å². The van der Waals surface area contributed by atoms with Crippen molar-refractivity contribution >= 4 is 67.7 Å². The van der Waals surface area contributed by atoms with Crippen LogP contribution in [0.25, 0.3) is 32.7 Å². The summed E-state index contributed by atoms with van der Waals surface area (Å²) in [5.74, 6) is -1.07. The SMILES string of the molecule is CNCCNC(=O)c1cc2ccc(NC(=O)c3ccc4[nH]c(C(=O)Nc5ccc6cc(C(=O)NCCNC)[nH]c6c5)cc4c3)cc2[nH]1. The summed E-state index contributed by atoms with van der Waals surface area (Å²) < 4.78 is 0. The van der Waals surface area contributed by atoms with Gasteiger partial charge in [-0.3, -0.25) is 19.2 Å². The van der Waals surface area contributed by atoms with E-state index in [2.05, 4.69) is 46.9 Å². The molecule has 3 aromatic heterocycles. The van der Waals surface area contributed by atoms with Crippen molar-refractivity contribution in [2.45, 2.75) is 0 Å². The van der Waals surface area contributed by atoms with Crippen LogP contribution in [0, 0.1) is 0 Å². The van der Waals surface area contributed by atoms with Crippen LogP contribution < -0.4 is 31.9 Å². The van der Waals surface area contributed by atoms with Gasteiger partial charge in [0.05, 0.1) is 0 Å². The Morgan fingerprint density at radius 3 is 1.53 bits per heavy atom. The molecule has 0 unspecified atom stereocenters. The molecule has 0 saturated heterocycles. The minimum atomic E-state index is -0.350. The number of anilines is 2. The maximum absolute atomic E-state index is 13.1. The van der Waals surface area contributed by atoms with Crippen molar-refractivity contribution in [3.63, 3.8) is 0 Å². The number of aromatic amines is 3. The molecule has 3 aromatic carbocycles. The van der Waals surface area contributed by atoms with Crippen molar-refractivity contribution in [1.29, 1.82) is 0 Å². The lowest BCUT2D eigenvalue weighted by atomic mass is 10.1. The van der Waals surface area contributed by atoms with Gasteiger partial charge in [0.1, 0.15) is 17.1 Å². The summed E-state index contributed by atoms with van der Waals surface area (Å²) in [5, 5.41) is 19.8. The molecule has 0 aliphatic carbocycles. The van der Waals surface area contributed by atoms with Crippen molar-refractivity contribution in [3.8, 4) is 0 Å². The van der Waals surface area contributed by atoms with Gasteiger partial charge in [0.2, 0.25) is 0 Å². The number of hydrogen-bond acceptors (Lipinski definition) is 6. The van der Waals surface area contributed by atoms with Gasteiger partial charge in [-0.25, -0.2) is 0 Å². The third-order valence-electron chi connectivity index (χ3n) is 7.70. The van der Waals surface area contributed by atoms with E-state index in [0.717, 1.165) is 21.8 Å². The fourth-order valence-corrected chi connectivity index (χ4v) is 5.24. The molecule has 240 valence electrons. The van der Waals surface area contributed by atoms with E-state index in [1.165, 1.54) is 0 Å². The van der Waals surface area contributed by atoms with Crippen molar-refractivity contribution in [3.05, 3.63) is 95.4 Å². The predicted octanol–water partition coefficient (Wildman–Crippen LogP) is 3.53. The summed E-state index contributed by atoms with van der Waals surface area (Å²) in [6.45, 7) is 2.35. The summed E-state index contributed by atoms with van der Waals surface area (Å²) in [4.78, 5) is 60.4. The minimum absolute atomic E-state index is 0.202. The standard InChI is InChI=1S/C34H35N9O4/c1-35-9-11-37-32(45)28-14-19-3-6-23(17-26(19)42-28)39-31(44)21-5-8-25-22(13-21)16-30(41-25)34(47)40-24-7-4-20-15-29(43-27(20)18-24)33(46)38-12-10-36-2/h3-8,13-18,35-36,41-43H,9-12H2,1-2H3,(H,37,45)(H,38,46)(H,39,44)(H,40,47). The molecule has 0 aliphatic rings. The van der Waals surface area contributed by atoms with E-state index >= 15 is 0 Å². The predicted molar refractivity (Wildman–Crippen MR) is 183 cm³/mol. The van der Waals surface area contributed by atoms with Crippen LogP contribution in [0.15, 0.2) is 72.8 Å². The average molecular weight is 634 g/mol. The number of benzene rings is 3. The van der Waals surface area contributed by atoms with Gasteiger partial charge >= 0.3 is 0 Å². The van der Waals surface area contributed by atoms with E-state index < -0.39 is 0 Å². The molecule has 3 heterocycles. The molecule has 6 aromatic rings. The van der Waals surface area contributed by atoms with E-state index in [4.69, 9.17) is 0 Å². The molecule has 47 heavy (non-hydrogen) atoms. The Hall–Kier alpha value is -5.92. The molecule has 13 heteroatoms. The van der Waals surface area contributed by atoms with E-state index in [1.807, 2.05) is 26.2 Å². The highest BCUT2D eigenvalue weighted by Gasteiger charge is 2.15. The van der Waals surface area contributed by atoms with Gasteiger partial charge in [0.15, 0.2) is 0 Å². The van der Waals surface area contributed by atoms with Crippen LogP contribution in [0.5, 0.6) is 0 Å². The molecule has 0 saturated carbocycles. The molecule has 13 nitrogen and oxygen atoms in total. The third-order valence-corrected chi connectivity index (χ3v) is 7.70. The zero-order valence-corrected chi connectivity index (χ0v) is 25.9. The van der Waals surface area contributed by atoms with Crippen LogP contribution in [0.3, 0.4) is 0 Å². The van der Waals surface area contributed by atoms with Crippen LogP contribution >= 0.6 is 0 Å². The highest BCUT2D eigenvalue weighted by molar-refractivity contribution is 6.10. The lowest BCUT2D eigenvalue weighted by Gasteiger charge is -2.06. The van der Waals surface area contributed by atoms with Crippen LogP contribution in [-0.4, -0.2) is 78.9 Å². The topological polar surface area (TPSA) is 188 Å². The average Bonchev–Trinajstić information content (AvgIpc) is 3.81. The molecular weight excluding hydrogens is 598 g/mol. The number of carbonyl (C=O) groups is 4. The summed E-state index contributed by atoms with van der Waals surface area (Å²) in [7, 11) is 3.64. The smallest absolute Gasteiger partial charge is 0.272 e. The van der Waals surface area contributed by atoms with Crippen molar-refractivity contribution in [2.24, 2.45) is 0 Å². The number of carbonyl (C=O) groups excluding carboxylic acids is 4. The van der Waals surface area contributed by atoms with Crippen molar-refractivity contribution < 1.29 is 19.2 Å². The normalized spacial score (nSPS) is 11.2. The van der Waals surface area contributed by atoms with Crippen LogP contribution in [0.4, 0.5) is 11.4 Å². The molecule has 4 amide bonds. The van der Waals surface area contributed by atoms with E-state index in [-0.39, 0.29) is 23.6 Å². The fourth-order valence-electron chi connectivity index (χ4n) is 5.24. The fraction of sp³-hybridized carbons (Fsp3) is 0.176. The first-order valence-corrected chi connectivity index (χ1v) is 15.2. The Balaban J connectivity index is 1.11. The molecule has 6 rings (SSSR count). The van der Waals surface area contributed by atoms with Gasteiger partial charge in [0.25, 0.3) is 23.6 Å². The first-order valence-electron chi connectivity index (χ1n) is 15.2. The highest BCUT2D eigenvalue weighted by atomic mass is 16.2. The first-order chi connectivity index (χ1) is 22.8. The first kappa shape index (κ1) is 31.1. The summed E-state index contributed by atoms with van der Waals surface area (Å²) in [6, 6.07) is 21.1. The maximum Gasteiger partial charge on any atom is 0.272 e. The molecule has 0 spiro atoms. The second-order valence-corrected chi connectivity index (χ2v) is 11.1. The van der Waals surface area contributed by atoms with Crippen molar-refractivity contribution in [2.75, 3.05) is 50.9 Å². The quantitative estimate of drug-likeness (QED) is 0.0927. The molecule has 0 fully saturated rings. The molecule has 0 bridgehead atoms. The summed E-state index contributed by atoms with van der Waals surface area (Å²) in [5.41, 5.74) is 4.90. The molecular formula is C34H35N9O4. The van der Waals surface area contributed by atoms with Crippen LogP contribution in [0.2, 0.25) is 0 Å². The maximum atomic E-state index is 13.1. The molecule has 9 N–H and O–H groups in total.